The van der Waals surface area contributed by atoms with E-state index in [1.54, 1.807) is 6.07 Å². The lowest BCUT2D eigenvalue weighted by Gasteiger charge is -2.45. The molecule has 25 heavy (non-hydrogen) atoms. The average molecular weight is 419 g/mol. The number of nitrogens with one attached hydrogen (secondary N) is 1. The molecule has 0 amide bonds. The molecule has 0 aromatic heterocycles. The van der Waals surface area contributed by atoms with Gasteiger partial charge >= 0.3 is 5.97 Å². The van der Waals surface area contributed by atoms with E-state index in [4.69, 9.17) is 4.74 Å². The summed E-state index contributed by atoms with van der Waals surface area (Å²) < 4.78 is 32.1. The van der Waals surface area contributed by atoms with E-state index in [0.717, 1.165) is 37.2 Å². The first kappa shape index (κ1) is 20.3. The summed E-state index contributed by atoms with van der Waals surface area (Å²) in [5, 5.41) is 4.27. The van der Waals surface area contributed by atoms with Gasteiger partial charge in [0.1, 0.15) is 0 Å². The van der Waals surface area contributed by atoms with Gasteiger partial charge in [0, 0.05) is 18.4 Å². The van der Waals surface area contributed by atoms with Crippen LogP contribution in [0.4, 0.5) is 8.78 Å². The van der Waals surface area contributed by atoms with Crippen molar-refractivity contribution in [3.63, 3.8) is 0 Å². The van der Waals surface area contributed by atoms with Crippen LogP contribution in [0.2, 0.25) is 0 Å². The molecule has 4 nitrogen and oxygen atoms in total. The molecule has 1 fully saturated rings. The van der Waals surface area contributed by atoms with Crippen LogP contribution in [-0.2, 0) is 9.53 Å². The van der Waals surface area contributed by atoms with Gasteiger partial charge in [0.15, 0.2) is 11.6 Å². The number of rotatable bonds is 7. The molecular weight excluding hydrogens is 394 g/mol. The smallest absolute Gasteiger partial charge is 0.311 e. The summed E-state index contributed by atoms with van der Waals surface area (Å²) in [6, 6.07) is 3.53. The van der Waals surface area contributed by atoms with Crippen LogP contribution >= 0.6 is 15.9 Å². The zero-order valence-electron chi connectivity index (χ0n) is 14.6. The van der Waals surface area contributed by atoms with Crippen molar-refractivity contribution < 1.29 is 18.3 Å². The van der Waals surface area contributed by atoms with E-state index >= 15 is 0 Å². The van der Waals surface area contributed by atoms with Crippen LogP contribution in [-0.4, -0.2) is 42.6 Å². The molecule has 0 saturated carbocycles. The van der Waals surface area contributed by atoms with Gasteiger partial charge in [-0.2, -0.15) is 0 Å². The van der Waals surface area contributed by atoms with Crippen LogP contribution in [0.5, 0.6) is 0 Å². The van der Waals surface area contributed by atoms with Crippen molar-refractivity contribution in [2.24, 2.45) is 5.92 Å². The maximum absolute atomic E-state index is 13.8. The van der Waals surface area contributed by atoms with E-state index in [9.17, 15) is 13.6 Å². The van der Waals surface area contributed by atoms with Gasteiger partial charge in [0.2, 0.25) is 0 Å². The zero-order valence-corrected chi connectivity index (χ0v) is 16.2. The van der Waals surface area contributed by atoms with Crippen LogP contribution < -0.4 is 5.32 Å². The highest BCUT2D eigenvalue weighted by Crippen LogP contribution is 2.34. The minimum atomic E-state index is -0.897. The number of hydrogen-bond acceptors (Lipinski definition) is 4. The van der Waals surface area contributed by atoms with Crippen molar-refractivity contribution in [2.75, 3.05) is 25.5 Å². The predicted molar refractivity (Wildman–Crippen MR) is 96.4 cm³/mol. The second-order valence-electron chi connectivity index (χ2n) is 6.32. The molecule has 2 rings (SSSR count). The highest BCUT2D eigenvalue weighted by Gasteiger charge is 2.40. The Morgan fingerprint density at radius 1 is 1.32 bits per heavy atom. The first-order valence-corrected chi connectivity index (χ1v) is 9.69. The van der Waals surface area contributed by atoms with E-state index in [-0.39, 0.29) is 18.2 Å². The van der Waals surface area contributed by atoms with Crippen LogP contribution in [0.25, 0.3) is 0 Å². The molecule has 0 radical (unpaired) electrons. The number of ether oxygens (including phenoxy) is 1. The van der Waals surface area contributed by atoms with Crippen LogP contribution in [0.1, 0.15) is 37.8 Å². The molecular formula is C18H25BrF2N2O2. The number of benzene rings is 1. The highest BCUT2D eigenvalue weighted by atomic mass is 79.9. The van der Waals surface area contributed by atoms with Gasteiger partial charge in [-0.05, 0) is 37.5 Å². The largest absolute Gasteiger partial charge is 0.469 e. The SMILES string of the molecule is COC(=O)C1CNC(C)N(CCCCCBr)C1c1ccc(F)c(F)c1. The third-order valence-corrected chi connectivity index (χ3v) is 5.27. The minimum Gasteiger partial charge on any atom is -0.469 e. The van der Waals surface area contributed by atoms with E-state index in [2.05, 4.69) is 26.1 Å². The average Bonchev–Trinajstić information content (AvgIpc) is 2.61. The number of hydrogen-bond donors (Lipinski definition) is 1. The molecule has 0 bridgehead atoms. The zero-order chi connectivity index (χ0) is 18.4. The lowest BCUT2D eigenvalue weighted by atomic mass is 9.88. The number of carbonyl (C=O) groups is 1. The number of nitrogens with zero attached hydrogens (tertiary/aromatic N) is 1. The molecule has 1 aromatic rings. The van der Waals surface area contributed by atoms with Gasteiger partial charge in [-0.3, -0.25) is 9.69 Å². The second-order valence-corrected chi connectivity index (χ2v) is 7.11. The van der Waals surface area contributed by atoms with Gasteiger partial charge < -0.3 is 10.1 Å². The van der Waals surface area contributed by atoms with E-state index < -0.39 is 17.6 Å². The number of halogens is 3. The Labute approximate surface area is 156 Å². The Morgan fingerprint density at radius 3 is 2.72 bits per heavy atom. The van der Waals surface area contributed by atoms with Crippen LogP contribution in [0, 0.1) is 17.6 Å². The first-order valence-electron chi connectivity index (χ1n) is 8.57. The number of esters is 1. The van der Waals surface area contributed by atoms with E-state index in [0.29, 0.717) is 12.1 Å². The molecule has 1 N–H and O–H groups in total. The quantitative estimate of drug-likeness (QED) is 0.417. The normalized spacial score (nSPS) is 24.3. The number of carbonyl (C=O) groups excluding carboxylic acids is 1. The molecule has 1 saturated heterocycles. The molecule has 7 heteroatoms. The second kappa shape index (κ2) is 9.59. The summed E-state index contributed by atoms with van der Waals surface area (Å²) in [6.45, 7) is 3.22. The Bertz CT molecular complexity index is 588. The van der Waals surface area contributed by atoms with Gasteiger partial charge in [0.25, 0.3) is 0 Å². The molecule has 1 aliphatic rings. The molecule has 3 atom stereocenters. The molecule has 1 aromatic carbocycles. The Morgan fingerprint density at radius 2 is 2.08 bits per heavy atom. The fourth-order valence-electron chi connectivity index (χ4n) is 3.38. The van der Waals surface area contributed by atoms with E-state index in [1.165, 1.54) is 13.2 Å². The Kier molecular flexibility index (Phi) is 7.78. The van der Waals surface area contributed by atoms with Crippen molar-refractivity contribution in [3.05, 3.63) is 35.4 Å². The van der Waals surface area contributed by atoms with Crippen molar-refractivity contribution in [2.45, 2.75) is 38.4 Å². The fourth-order valence-corrected chi connectivity index (χ4v) is 3.78. The molecule has 1 heterocycles. The van der Waals surface area contributed by atoms with Gasteiger partial charge in [-0.25, -0.2) is 8.78 Å². The Hall–Kier alpha value is -1.05. The summed E-state index contributed by atoms with van der Waals surface area (Å²) in [5.41, 5.74) is 0.600. The molecule has 1 aliphatic heterocycles. The summed E-state index contributed by atoms with van der Waals surface area (Å²) in [4.78, 5) is 14.4. The van der Waals surface area contributed by atoms with Crippen LogP contribution in [0.15, 0.2) is 18.2 Å². The van der Waals surface area contributed by atoms with Gasteiger partial charge in [-0.15, -0.1) is 0 Å². The van der Waals surface area contributed by atoms with Gasteiger partial charge in [-0.1, -0.05) is 28.4 Å². The van der Waals surface area contributed by atoms with E-state index in [1.807, 2.05) is 6.92 Å². The monoisotopic (exact) mass is 418 g/mol. The molecule has 0 aliphatic carbocycles. The minimum absolute atomic E-state index is 0.0305. The first-order chi connectivity index (χ1) is 12.0. The summed E-state index contributed by atoms with van der Waals surface area (Å²) in [7, 11) is 1.35. The molecule has 3 unspecified atom stereocenters. The summed E-state index contributed by atoms with van der Waals surface area (Å²) in [5.74, 6) is -2.60. The maximum atomic E-state index is 13.8. The van der Waals surface area contributed by atoms with Crippen molar-refractivity contribution in [3.8, 4) is 0 Å². The molecule has 0 spiro atoms. The lowest BCUT2D eigenvalue weighted by molar-refractivity contribution is -0.150. The van der Waals surface area contributed by atoms with Crippen LogP contribution in [0.3, 0.4) is 0 Å². The number of methoxy groups -OCH3 is 1. The van der Waals surface area contributed by atoms with Crippen molar-refractivity contribution in [1.29, 1.82) is 0 Å². The van der Waals surface area contributed by atoms with Crippen molar-refractivity contribution in [1.82, 2.24) is 10.2 Å². The maximum Gasteiger partial charge on any atom is 0.311 e. The number of unbranched alkanes of at least 4 members (excludes halogenated alkanes) is 2. The summed E-state index contributed by atoms with van der Waals surface area (Å²) >= 11 is 3.42. The third kappa shape index (κ3) is 4.99. The lowest BCUT2D eigenvalue weighted by Crippen LogP contribution is -2.57. The molecule has 140 valence electrons. The standard InChI is InChI=1S/C18H25BrF2N2O2/c1-12-22-11-14(18(24)25-2)17(23(12)9-5-3-4-8-19)13-6-7-15(20)16(21)10-13/h6-7,10,12,14,17,22H,3-5,8-9,11H2,1-2H3. The third-order valence-electron chi connectivity index (χ3n) is 4.71. The predicted octanol–water partition coefficient (Wildman–Crippen LogP) is 3.61. The number of alkyl halides is 1. The fraction of sp³-hybridized carbons (Fsp3) is 0.611. The van der Waals surface area contributed by atoms with Gasteiger partial charge in [0.05, 0.1) is 25.2 Å². The summed E-state index contributed by atoms with van der Waals surface area (Å²) in [6.07, 6.45) is 3.13. The van der Waals surface area contributed by atoms with Crippen molar-refractivity contribution >= 4 is 21.9 Å². The topological polar surface area (TPSA) is 41.6 Å². The Balaban J connectivity index is 2.30. The highest BCUT2D eigenvalue weighted by molar-refractivity contribution is 9.09.